The average Bonchev–Trinajstić information content (AvgIpc) is 3.30. The minimum atomic E-state index is 0.111. The van der Waals surface area contributed by atoms with Gasteiger partial charge in [-0.3, -0.25) is 14.5 Å². The molecule has 0 spiro atoms. The molecular formula is C22H31N5O2S3. The lowest BCUT2D eigenvalue weighted by molar-refractivity contribution is -0.130. The van der Waals surface area contributed by atoms with E-state index in [0.717, 1.165) is 34.9 Å². The van der Waals surface area contributed by atoms with Crippen LogP contribution >= 0.6 is 34.9 Å². The van der Waals surface area contributed by atoms with Crippen LogP contribution in [0.1, 0.15) is 32.4 Å². The molecule has 1 unspecified atom stereocenters. The highest BCUT2D eigenvalue weighted by atomic mass is 32.2. The molecule has 7 nitrogen and oxygen atoms in total. The molecule has 174 valence electrons. The van der Waals surface area contributed by atoms with Crippen LogP contribution in [-0.4, -0.2) is 87.5 Å². The number of thioether (sulfide) groups is 2. The molecule has 1 atom stereocenters. The molecule has 1 saturated heterocycles. The van der Waals surface area contributed by atoms with E-state index < -0.39 is 0 Å². The van der Waals surface area contributed by atoms with Gasteiger partial charge in [0.25, 0.3) is 0 Å². The second-order valence-electron chi connectivity index (χ2n) is 7.48. The number of piperazine rings is 1. The monoisotopic (exact) mass is 493 g/mol. The first kappa shape index (κ1) is 25.0. The predicted octanol–water partition coefficient (Wildman–Crippen LogP) is 3.50. The summed E-state index contributed by atoms with van der Waals surface area (Å²) in [4.78, 5) is 31.0. The lowest BCUT2D eigenvalue weighted by Crippen LogP contribution is -2.49. The SMILES string of the molecule is CCN(CC)C(=O)CSc1nnc(SCC(=O)N2CCN(C(C)c3ccccc3)CC2)s1. The Bertz CT molecular complexity index is 867. The van der Waals surface area contributed by atoms with Crippen molar-refractivity contribution in [1.82, 2.24) is 24.9 Å². The third-order valence-electron chi connectivity index (χ3n) is 5.64. The van der Waals surface area contributed by atoms with E-state index in [4.69, 9.17) is 0 Å². The molecule has 10 heteroatoms. The predicted molar refractivity (Wildman–Crippen MR) is 132 cm³/mol. The first-order valence-electron chi connectivity index (χ1n) is 11.0. The molecule has 1 aliphatic rings. The zero-order chi connectivity index (χ0) is 22.9. The summed E-state index contributed by atoms with van der Waals surface area (Å²) in [6.45, 7) is 10.9. The van der Waals surface area contributed by atoms with Crippen molar-refractivity contribution in [2.24, 2.45) is 0 Å². The summed E-state index contributed by atoms with van der Waals surface area (Å²) in [6, 6.07) is 10.9. The first-order chi connectivity index (χ1) is 15.5. The number of benzene rings is 1. The second-order valence-corrected chi connectivity index (χ2v) is 10.9. The Kier molecular flexibility index (Phi) is 9.83. The van der Waals surface area contributed by atoms with E-state index in [-0.39, 0.29) is 11.8 Å². The third kappa shape index (κ3) is 6.94. The van der Waals surface area contributed by atoms with E-state index in [1.165, 1.54) is 40.4 Å². The van der Waals surface area contributed by atoms with Crippen molar-refractivity contribution < 1.29 is 9.59 Å². The summed E-state index contributed by atoms with van der Waals surface area (Å²) in [7, 11) is 0. The van der Waals surface area contributed by atoms with Gasteiger partial charge in [-0.25, -0.2) is 0 Å². The van der Waals surface area contributed by atoms with Crippen LogP contribution in [0.2, 0.25) is 0 Å². The van der Waals surface area contributed by atoms with Crippen molar-refractivity contribution in [2.75, 3.05) is 50.8 Å². The van der Waals surface area contributed by atoms with Crippen LogP contribution in [0.3, 0.4) is 0 Å². The molecule has 32 heavy (non-hydrogen) atoms. The van der Waals surface area contributed by atoms with Gasteiger partial charge in [0, 0.05) is 45.3 Å². The number of aromatic nitrogens is 2. The number of amides is 2. The van der Waals surface area contributed by atoms with Crippen LogP contribution in [0.5, 0.6) is 0 Å². The second kappa shape index (κ2) is 12.6. The molecule has 2 heterocycles. The zero-order valence-corrected chi connectivity index (χ0v) is 21.3. The van der Waals surface area contributed by atoms with Crippen molar-refractivity contribution in [2.45, 2.75) is 35.5 Å². The van der Waals surface area contributed by atoms with Gasteiger partial charge in [-0.15, -0.1) is 10.2 Å². The van der Waals surface area contributed by atoms with Gasteiger partial charge in [0.05, 0.1) is 11.5 Å². The van der Waals surface area contributed by atoms with Crippen molar-refractivity contribution in [1.29, 1.82) is 0 Å². The van der Waals surface area contributed by atoms with Crippen molar-refractivity contribution >= 4 is 46.7 Å². The molecule has 3 rings (SSSR count). The highest BCUT2D eigenvalue weighted by molar-refractivity contribution is 8.03. The molecule has 2 aromatic rings. The molecule has 1 aromatic carbocycles. The molecule has 1 aromatic heterocycles. The van der Waals surface area contributed by atoms with Crippen LogP contribution in [-0.2, 0) is 9.59 Å². The van der Waals surface area contributed by atoms with E-state index in [0.29, 0.717) is 30.6 Å². The third-order valence-corrected chi connectivity index (χ3v) is 8.80. The van der Waals surface area contributed by atoms with Crippen LogP contribution in [0, 0.1) is 0 Å². The van der Waals surface area contributed by atoms with E-state index >= 15 is 0 Å². The number of hydrogen-bond acceptors (Lipinski definition) is 8. The largest absolute Gasteiger partial charge is 0.343 e. The Morgan fingerprint density at radius 1 is 1.00 bits per heavy atom. The van der Waals surface area contributed by atoms with E-state index in [1.807, 2.05) is 29.7 Å². The molecular weight excluding hydrogens is 462 g/mol. The molecule has 0 saturated carbocycles. The minimum absolute atomic E-state index is 0.111. The zero-order valence-electron chi connectivity index (χ0n) is 18.9. The molecule has 0 N–H and O–H groups in total. The van der Waals surface area contributed by atoms with E-state index in [9.17, 15) is 9.59 Å². The lowest BCUT2D eigenvalue weighted by Gasteiger charge is -2.38. The Morgan fingerprint density at radius 3 is 2.19 bits per heavy atom. The maximum Gasteiger partial charge on any atom is 0.233 e. The summed E-state index contributed by atoms with van der Waals surface area (Å²) in [5.74, 6) is 0.987. The maximum absolute atomic E-state index is 12.7. The maximum atomic E-state index is 12.7. The lowest BCUT2D eigenvalue weighted by atomic mass is 10.1. The van der Waals surface area contributed by atoms with Gasteiger partial charge in [0.2, 0.25) is 11.8 Å². The van der Waals surface area contributed by atoms with Crippen LogP contribution in [0.15, 0.2) is 39.0 Å². The Balaban J connectivity index is 1.40. The molecule has 0 bridgehead atoms. The number of rotatable bonds is 10. The highest BCUT2D eigenvalue weighted by Gasteiger charge is 2.25. The summed E-state index contributed by atoms with van der Waals surface area (Å²) in [5, 5.41) is 8.33. The number of carbonyl (C=O) groups is 2. The van der Waals surface area contributed by atoms with Crippen molar-refractivity contribution in [3.63, 3.8) is 0 Å². The van der Waals surface area contributed by atoms with Gasteiger partial charge in [-0.05, 0) is 26.3 Å². The van der Waals surface area contributed by atoms with Gasteiger partial charge in [0.15, 0.2) is 8.68 Å². The van der Waals surface area contributed by atoms with Crippen molar-refractivity contribution in [3.8, 4) is 0 Å². The van der Waals surface area contributed by atoms with E-state index in [1.54, 1.807) is 0 Å². The van der Waals surface area contributed by atoms with Gasteiger partial charge in [0.1, 0.15) is 0 Å². The summed E-state index contributed by atoms with van der Waals surface area (Å²) in [6.07, 6.45) is 0. The average molecular weight is 494 g/mol. The highest BCUT2D eigenvalue weighted by Crippen LogP contribution is 2.29. The number of nitrogens with zero attached hydrogens (tertiary/aromatic N) is 5. The van der Waals surface area contributed by atoms with Gasteiger partial charge >= 0.3 is 0 Å². The normalized spacial score (nSPS) is 15.5. The van der Waals surface area contributed by atoms with Crippen LogP contribution in [0.4, 0.5) is 0 Å². The van der Waals surface area contributed by atoms with Crippen LogP contribution < -0.4 is 0 Å². The van der Waals surface area contributed by atoms with Gasteiger partial charge in [-0.2, -0.15) is 0 Å². The fraction of sp³-hybridized carbons (Fsp3) is 0.545. The van der Waals surface area contributed by atoms with Crippen molar-refractivity contribution in [3.05, 3.63) is 35.9 Å². The summed E-state index contributed by atoms with van der Waals surface area (Å²) < 4.78 is 1.54. The molecule has 1 fully saturated rings. The Morgan fingerprint density at radius 2 is 1.59 bits per heavy atom. The van der Waals surface area contributed by atoms with E-state index in [2.05, 4.69) is 46.3 Å². The summed E-state index contributed by atoms with van der Waals surface area (Å²) >= 11 is 4.29. The molecule has 1 aliphatic heterocycles. The van der Waals surface area contributed by atoms with Gasteiger partial charge in [-0.1, -0.05) is 65.2 Å². The molecule has 0 aliphatic carbocycles. The number of hydrogen-bond donors (Lipinski definition) is 0. The molecule has 0 radical (unpaired) electrons. The molecule has 2 amide bonds. The summed E-state index contributed by atoms with van der Waals surface area (Å²) in [5.41, 5.74) is 1.31. The first-order valence-corrected chi connectivity index (χ1v) is 13.7. The van der Waals surface area contributed by atoms with Crippen LogP contribution in [0.25, 0.3) is 0 Å². The van der Waals surface area contributed by atoms with Gasteiger partial charge < -0.3 is 9.80 Å². The topological polar surface area (TPSA) is 69.6 Å². The Labute approximate surface area is 202 Å². The number of carbonyl (C=O) groups excluding carboxylic acids is 2. The smallest absolute Gasteiger partial charge is 0.233 e. The fourth-order valence-corrected chi connectivity index (χ4v) is 6.45. The Hall–Kier alpha value is -1.62. The minimum Gasteiger partial charge on any atom is -0.343 e. The fourth-order valence-electron chi connectivity index (χ4n) is 3.62. The quantitative estimate of drug-likeness (QED) is 0.469. The standard InChI is InChI=1S/C22H31N5O2S3/c1-4-25(5-2)19(28)15-30-21-23-24-22(32-21)31-16-20(29)27-13-11-26(12-14-27)17(3)18-9-7-6-8-10-18/h6-10,17H,4-5,11-16H2,1-3H3.